The van der Waals surface area contributed by atoms with Crippen LogP contribution in [0, 0.1) is 5.92 Å². The number of rotatable bonds is 3. The van der Waals surface area contributed by atoms with Gasteiger partial charge in [0.1, 0.15) is 5.82 Å². The van der Waals surface area contributed by atoms with Gasteiger partial charge in [-0.05, 0) is 30.4 Å². The normalized spacial score (nSPS) is 17.2. The number of hydrogen-bond donors (Lipinski definition) is 2. The van der Waals surface area contributed by atoms with Gasteiger partial charge in [-0.25, -0.2) is 0 Å². The van der Waals surface area contributed by atoms with Gasteiger partial charge in [0, 0.05) is 19.8 Å². The summed E-state index contributed by atoms with van der Waals surface area (Å²) in [5.74, 6) is 1.36. The smallest absolute Gasteiger partial charge is 0.226 e. The van der Waals surface area contributed by atoms with Gasteiger partial charge < -0.3 is 10.1 Å². The Morgan fingerprint density at radius 2 is 2.22 bits per heavy atom. The van der Waals surface area contributed by atoms with Crippen molar-refractivity contribution in [1.82, 2.24) is 20.2 Å². The maximum absolute atomic E-state index is 5.87. The maximum Gasteiger partial charge on any atom is 0.226 e. The second-order valence-corrected chi connectivity index (χ2v) is 4.75. The van der Waals surface area contributed by atoms with Gasteiger partial charge in [0.25, 0.3) is 0 Å². The molecule has 0 amide bonds. The van der Waals surface area contributed by atoms with Crippen molar-refractivity contribution in [2.45, 2.75) is 12.8 Å². The highest BCUT2D eigenvalue weighted by Crippen LogP contribution is 2.21. The summed E-state index contributed by atoms with van der Waals surface area (Å²) in [5, 5.41) is 11.2. The highest BCUT2D eigenvalue weighted by molar-refractivity contribution is 6.28. The lowest BCUT2D eigenvalue weighted by molar-refractivity contribution is 0.0699. The molecule has 1 aliphatic rings. The Hall–Kier alpha value is -1.40. The van der Waals surface area contributed by atoms with Crippen LogP contribution in [0.4, 0.5) is 5.82 Å². The van der Waals surface area contributed by atoms with Gasteiger partial charge >= 0.3 is 0 Å². The summed E-state index contributed by atoms with van der Waals surface area (Å²) in [4.78, 5) is 8.28. The number of nitrogens with one attached hydrogen (secondary N) is 2. The second-order valence-electron chi connectivity index (χ2n) is 4.41. The van der Waals surface area contributed by atoms with Gasteiger partial charge in [-0.15, -0.1) is 0 Å². The summed E-state index contributed by atoms with van der Waals surface area (Å²) < 4.78 is 5.34. The third-order valence-corrected chi connectivity index (χ3v) is 3.35. The fraction of sp³-hybridized carbons (Fsp3) is 0.545. The molecule has 2 aromatic heterocycles. The van der Waals surface area contributed by atoms with Crippen molar-refractivity contribution in [3.8, 4) is 0 Å². The molecule has 0 saturated carbocycles. The molecule has 1 saturated heterocycles. The third-order valence-electron chi connectivity index (χ3n) is 3.18. The lowest BCUT2D eigenvalue weighted by Crippen LogP contribution is -2.23. The van der Waals surface area contributed by atoms with Crippen molar-refractivity contribution in [3.05, 3.63) is 11.5 Å². The zero-order valence-corrected chi connectivity index (χ0v) is 10.6. The molecule has 0 aliphatic carbocycles. The number of H-pyrrole nitrogens is 1. The Morgan fingerprint density at radius 3 is 3.06 bits per heavy atom. The molecule has 2 aromatic rings. The van der Waals surface area contributed by atoms with Crippen molar-refractivity contribution < 1.29 is 4.74 Å². The summed E-state index contributed by atoms with van der Waals surface area (Å²) in [6, 6.07) is 0. The van der Waals surface area contributed by atoms with E-state index < -0.39 is 0 Å². The van der Waals surface area contributed by atoms with E-state index in [9.17, 15) is 0 Å². The predicted molar refractivity (Wildman–Crippen MR) is 68.7 cm³/mol. The molecule has 0 bridgehead atoms. The number of nitrogens with zero attached hydrogens (tertiary/aromatic N) is 3. The molecule has 3 heterocycles. The average Bonchev–Trinajstić information content (AvgIpc) is 2.85. The monoisotopic (exact) mass is 267 g/mol. The number of hydrogen-bond acceptors (Lipinski definition) is 5. The van der Waals surface area contributed by atoms with E-state index in [2.05, 4.69) is 25.5 Å². The maximum atomic E-state index is 5.87. The van der Waals surface area contributed by atoms with E-state index in [-0.39, 0.29) is 5.28 Å². The number of ether oxygens (including phenoxy) is 1. The Bertz CT molecular complexity index is 537. The van der Waals surface area contributed by atoms with E-state index in [1.165, 1.54) is 0 Å². The minimum absolute atomic E-state index is 0.223. The lowest BCUT2D eigenvalue weighted by Gasteiger charge is -2.22. The first-order chi connectivity index (χ1) is 8.83. The highest BCUT2D eigenvalue weighted by atomic mass is 35.5. The average molecular weight is 268 g/mol. The highest BCUT2D eigenvalue weighted by Gasteiger charge is 2.15. The van der Waals surface area contributed by atoms with Crippen LogP contribution >= 0.6 is 11.6 Å². The Labute approximate surface area is 109 Å². The number of fused-ring (bicyclic) bond motifs is 1. The standard InChI is InChI=1S/C11H14ClN5O/c12-11-15-9(8-6-14-17-10(8)16-11)13-5-7-1-3-18-4-2-7/h6-7H,1-5H2,(H2,13,14,15,16,17). The first kappa shape index (κ1) is 11.7. The minimum atomic E-state index is 0.223. The summed E-state index contributed by atoms with van der Waals surface area (Å²) >= 11 is 5.87. The van der Waals surface area contributed by atoms with Crippen molar-refractivity contribution in [3.63, 3.8) is 0 Å². The van der Waals surface area contributed by atoms with Gasteiger partial charge in [-0.3, -0.25) is 5.10 Å². The molecule has 0 atom stereocenters. The number of anilines is 1. The second kappa shape index (κ2) is 5.07. The molecule has 96 valence electrons. The van der Waals surface area contributed by atoms with E-state index in [1.807, 2.05) is 0 Å². The number of halogens is 1. The number of aromatic amines is 1. The van der Waals surface area contributed by atoms with Crippen LogP contribution in [0.5, 0.6) is 0 Å². The third kappa shape index (κ3) is 2.39. The van der Waals surface area contributed by atoms with Crippen LogP contribution in [-0.2, 0) is 4.74 Å². The topological polar surface area (TPSA) is 75.7 Å². The summed E-state index contributed by atoms with van der Waals surface area (Å²) in [6.45, 7) is 2.56. The minimum Gasteiger partial charge on any atom is -0.381 e. The quantitative estimate of drug-likeness (QED) is 0.830. The van der Waals surface area contributed by atoms with E-state index >= 15 is 0 Å². The first-order valence-electron chi connectivity index (χ1n) is 6.01. The fourth-order valence-corrected chi connectivity index (χ4v) is 2.30. The van der Waals surface area contributed by atoms with Crippen LogP contribution in [0.25, 0.3) is 11.0 Å². The molecule has 1 aliphatic heterocycles. The molecule has 0 aromatic carbocycles. The van der Waals surface area contributed by atoms with Crippen LogP contribution in [0.3, 0.4) is 0 Å². The SMILES string of the molecule is Clc1nc(NCC2CCOCC2)c2cn[nH]c2n1. The van der Waals surface area contributed by atoms with Crippen LogP contribution in [0.1, 0.15) is 12.8 Å². The number of aromatic nitrogens is 4. The van der Waals surface area contributed by atoms with E-state index in [0.717, 1.165) is 43.8 Å². The van der Waals surface area contributed by atoms with Crippen molar-refractivity contribution >= 4 is 28.5 Å². The van der Waals surface area contributed by atoms with E-state index in [1.54, 1.807) is 6.20 Å². The predicted octanol–water partition coefficient (Wildman–Crippen LogP) is 1.84. The Balaban J connectivity index is 1.75. The van der Waals surface area contributed by atoms with Gasteiger partial charge in [0.05, 0.1) is 11.6 Å². The van der Waals surface area contributed by atoms with Crippen LogP contribution in [0.15, 0.2) is 6.20 Å². The van der Waals surface area contributed by atoms with Crippen LogP contribution in [0.2, 0.25) is 5.28 Å². The van der Waals surface area contributed by atoms with Gasteiger partial charge in [0.15, 0.2) is 5.65 Å². The molecule has 0 unspecified atom stereocenters. The van der Waals surface area contributed by atoms with Gasteiger partial charge in [0.2, 0.25) is 5.28 Å². The van der Waals surface area contributed by atoms with Gasteiger partial charge in [-0.2, -0.15) is 15.1 Å². The molecule has 3 rings (SSSR count). The van der Waals surface area contributed by atoms with Crippen molar-refractivity contribution in [2.24, 2.45) is 5.92 Å². The summed E-state index contributed by atoms with van der Waals surface area (Å²) in [5.41, 5.74) is 0.657. The zero-order valence-electron chi connectivity index (χ0n) is 9.82. The molecular weight excluding hydrogens is 254 g/mol. The van der Waals surface area contributed by atoms with Gasteiger partial charge in [-0.1, -0.05) is 0 Å². The fourth-order valence-electron chi connectivity index (χ4n) is 2.13. The van der Waals surface area contributed by atoms with Crippen LogP contribution < -0.4 is 5.32 Å². The zero-order chi connectivity index (χ0) is 12.4. The Kier molecular flexibility index (Phi) is 3.29. The molecule has 7 heteroatoms. The van der Waals surface area contributed by atoms with Crippen molar-refractivity contribution in [2.75, 3.05) is 25.1 Å². The summed E-state index contributed by atoms with van der Waals surface area (Å²) in [7, 11) is 0. The Morgan fingerprint density at radius 1 is 1.39 bits per heavy atom. The van der Waals surface area contributed by atoms with E-state index in [0.29, 0.717) is 11.6 Å². The molecule has 18 heavy (non-hydrogen) atoms. The van der Waals surface area contributed by atoms with Crippen molar-refractivity contribution in [1.29, 1.82) is 0 Å². The molecule has 6 nitrogen and oxygen atoms in total. The lowest BCUT2D eigenvalue weighted by atomic mass is 10.0. The van der Waals surface area contributed by atoms with Crippen LogP contribution in [-0.4, -0.2) is 39.9 Å². The first-order valence-corrected chi connectivity index (χ1v) is 6.39. The molecule has 0 spiro atoms. The summed E-state index contributed by atoms with van der Waals surface area (Å²) in [6.07, 6.45) is 3.87. The molecule has 1 fully saturated rings. The molecule has 2 N–H and O–H groups in total. The molecule has 0 radical (unpaired) electrons. The molecular formula is C11H14ClN5O. The largest absolute Gasteiger partial charge is 0.381 e. The van der Waals surface area contributed by atoms with E-state index in [4.69, 9.17) is 16.3 Å².